The molecule has 4 rings (SSSR count). The van der Waals surface area contributed by atoms with Crippen molar-refractivity contribution >= 4 is 11.7 Å². The van der Waals surface area contributed by atoms with Gasteiger partial charge in [0.1, 0.15) is 11.5 Å². The van der Waals surface area contributed by atoms with Crippen LogP contribution >= 0.6 is 0 Å². The molecule has 0 bridgehead atoms. The molecule has 36 heavy (non-hydrogen) atoms. The molecule has 1 aliphatic carbocycles. The highest BCUT2D eigenvalue weighted by atomic mass is 16.5. The molecule has 0 saturated heterocycles. The van der Waals surface area contributed by atoms with Crippen LogP contribution in [-0.2, 0) is 17.6 Å². The second kappa shape index (κ2) is 11.6. The SMILES string of the molecule is CCCN(CCC)c1ccc(-c2nc(CCOc3ccc4c(c3)CC[C@H]4CC(=O)O)c(C)o2)c(C)c1. The van der Waals surface area contributed by atoms with Gasteiger partial charge in [0.2, 0.25) is 5.89 Å². The van der Waals surface area contributed by atoms with E-state index in [1.165, 1.54) is 11.3 Å². The molecule has 1 atom stereocenters. The number of ether oxygens (including phenoxy) is 1. The van der Waals surface area contributed by atoms with Crippen molar-refractivity contribution < 1.29 is 19.1 Å². The van der Waals surface area contributed by atoms with E-state index in [1.807, 2.05) is 19.1 Å². The van der Waals surface area contributed by atoms with Crippen molar-refractivity contribution in [1.82, 2.24) is 4.98 Å². The van der Waals surface area contributed by atoms with Gasteiger partial charge in [0.15, 0.2) is 0 Å². The molecule has 192 valence electrons. The van der Waals surface area contributed by atoms with E-state index < -0.39 is 5.97 Å². The number of aryl methyl sites for hydroxylation is 3. The van der Waals surface area contributed by atoms with Gasteiger partial charge >= 0.3 is 5.97 Å². The van der Waals surface area contributed by atoms with E-state index in [4.69, 9.17) is 19.2 Å². The zero-order valence-electron chi connectivity index (χ0n) is 22.0. The summed E-state index contributed by atoms with van der Waals surface area (Å²) in [6, 6.07) is 12.6. The van der Waals surface area contributed by atoms with Gasteiger partial charge in [-0.3, -0.25) is 4.79 Å². The molecule has 0 aliphatic heterocycles. The number of carboxylic acid groups (broad SMARTS) is 1. The second-order valence-electron chi connectivity index (χ2n) is 9.80. The van der Waals surface area contributed by atoms with Crippen molar-refractivity contribution in [3.8, 4) is 17.2 Å². The van der Waals surface area contributed by atoms with Crippen LogP contribution in [0.25, 0.3) is 11.5 Å². The van der Waals surface area contributed by atoms with Crippen LogP contribution < -0.4 is 9.64 Å². The molecule has 1 aliphatic rings. The maximum absolute atomic E-state index is 11.1. The molecule has 1 aromatic heterocycles. The molecular weight excluding hydrogens is 452 g/mol. The number of fused-ring (bicyclic) bond motifs is 1. The van der Waals surface area contributed by atoms with Crippen LogP contribution in [0.4, 0.5) is 5.69 Å². The summed E-state index contributed by atoms with van der Waals surface area (Å²) >= 11 is 0. The Morgan fingerprint density at radius 3 is 2.61 bits per heavy atom. The number of benzene rings is 2. The Morgan fingerprint density at radius 1 is 1.14 bits per heavy atom. The third-order valence-electron chi connectivity index (χ3n) is 7.03. The minimum Gasteiger partial charge on any atom is -0.493 e. The topological polar surface area (TPSA) is 75.8 Å². The fourth-order valence-corrected chi connectivity index (χ4v) is 5.23. The lowest BCUT2D eigenvalue weighted by Crippen LogP contribution is -2.24. The van der Waals surface area contributed by atoms with Gasteiger partial charge in [-0.05, 0) is 92.5 Å². The first-order valence-electron chi connectivity index (χ1n) is 13.2. The summed E-state index contributed by atoms with van der Waals surface area (Å²) in [5.41, 5.74) is 6.70. The van der Waals surface area contributed by atoms with Gasteiger partial charge in [-0.25, -0.2) is 4.98 Å². The predicted molar refractivity (Wildman–Crippen MR) is 143 cm³/mol. The Morgan fingerprint density at radius 2 is 1.92 bits per heavy atom. The van der Waals surface area contributed by atoms with Crippen LogP contribution in [0, 0.1) is 13.8 Å². The van der Waals surface area contributed by atoms with Crippen LogP contribution in [0.3, 0.4) is 0 Å². The van der Waals surface area contributed by atoms with Crippen molar-refractivity contribution in [1.29, 1.82) is 0 Å². The lowest BCUT2D eigenvalue weighted by atomic mass is 9.98. The normalized spacial score (nSPS) is 14.6. The first-order valence-corrected chi connectivity index (χ1v) is 13.2. The molecule has 2 aromatic carbocycles. The fourth-order valence-electron chi connectivity index (χ4n) is 5.23. The summed E-state index contributed by atoms with van der Waals surface area (Å²) in [4.78, 5) is 18.3. The van der Waals surface area contributed by atoms with Crippen molar-refractivity contribution in [2.24, 2.45) is 0 Å². The number of aromatic nitrogens is 1. The Hall–Kier alpha value is -3.28. The molecule has 6 heteroatoms. The van der Waals surface area contributed by atoms with E-state index in [0.717, 1.165) is 72.7 Å². The maximum atomic E-state index is 11.1. The smallest absolute Gasteiger partial charge is 0.303 e. The monoisotopic (exact) mass is 490 g/mol. The summed E-state index contributed by atoms with van der Waals surface area (Å²) in [5.74, 6) is 1.67. The maximum Gasteiger partial charge on any atom is 0.303 e. The number of hydrogen-bond donors (Lipinski definition) is 1. The van der Waals surface area contributed by atoms with Gasteiger partial charge in [0, 0.05) is 30.8 Å². The minimum atomic E-state index is -0.739. The highest BCUT2D eigenvalue weighted by Crippen LogP contribution is 2.37. The predicted octanol–water partition coefficient (Wildman–Crippen LogP) is 6.71. The zero-order valence-corrected chi connectivity index (χ0v) is 22.0. The van der Waals surface area contributed by atoms with Gasteiger partial charge in [0.25, 0.3) is 0 Å². The van der Waals surface area contributed by atoms with Crippen molar-refractivity contribution in [2.45, 2.75) is 72.1 Å². The number of nitrogens with zero attached hydrogens (tertiary/aromatic N) is 2. The Balaban J connectivity index is 1.39. The number of carbonyl (C=O) groups is 1. The fraction of sp³-hybridized carbons (Fsp3) is 0.467. The largest absolute Gasteiger partial charge is 0.493 e. The van der Waals surface area contributed by atoms with Crippen LogP contribution in [-0.4, -0.2) is 35.8 Å². The first-order chi connectivity index (χ1) is 17.4. The standard InChI is InChI=1S/C30H38N2O4/c1-5-14-32(15-6-2)24-9-11-26(20(3)17-24)30-31-28(21(4)36-30)13-16-35-25-10-12-27-22(18-25)7-8-23(27)19-29(33)34/h9-12,17-18,23H,5-8,13-16,19H2,1-4H3,(H,33,34)/t23-/m0/s1. The van der Waals surface area contributed by atoms with E-state index in [0.29, 0.717) is 18.9 Å². The number of oxazole rings is 1. The van der Waals surface area contributed by atoms with Gasteiger partial charge in [-0.15, -0.1) is 0 Å². The van der Waals surface area contributed by atoms with Crippen molar-refractivity contribution in [3.63, 3.8) is 0 Å². The first kappa shape index (κ1) is 25.8. The van der Waals surface area contributed by atoms with E-state index in [1.54, 1.807) is 0 Å². The highest BCUT2D eigenvalue weighted by molar-refractivity contribution is 5.68. The average Bonchev–Trinajstić information content (AvgIpc) is 3.41. The Bertz CT molecular complexity index is 1190. The zero-order chi connectivity index (χ0) is 25.7. The van der Waals surface area contributed by atoms with Crippen LogP contribution in [0.15, 0.2) is 40.8 Å². The number of rotatable bonds is 12. The van der Waals surface area contributed by atoms with Gasteiger partial charge in [0.05, 0.1) is 18.7 Å². The molecule has 6 nitrogen and oxygen atoms in total. The number of anilines is 1. The van der Waals surface area contributed by atoms with E-state index in [-0.39, 0.29) is 12.3 Å². The molecule has 0 radical (unpaired) electrons. The molecule has 0 unspecified atom stereocenters. The molecule has 0 saturated carbocycles. The summed E-state index contributed by atoms with van der Waals surface area (Å²) in [6.45, 7) is 11.1. The molecular formula is C30H38N2O4. The minimum absolute atomic E-state index is 0.113. The highest BCUT2D eigenvalue weighted by Gasteiger charge is 2.25. The quantitative estimate of drug-likeness (QED) is 0.304. The second-order valence-corrected chi connectivity index (χ2v) is 9.80. The van der Waals surface area contributed by atoms with E-state index in [2.05, 4.69) is 49.9 Å². The molecule has 3 aromatic rings. The summed E-state index contributed by atoms with van der Waals surface area (Å²) < 4.78 is 12.1. The van der Waals surface area contributed by atoms with Crippen LogP contribution in [0.2, 0.25) is 0 Å². The third-order valence-corrected chi connectivity index (χ3v) is 7.03. The van der Waals surface area contributed by atoms with Crippen LogP contribution in [0.1, 0.15) is 73.6 Å². The van der Waals surface area contributed by atoms with Gasteiger partial charge in [-0.1, -0.05) is 19.9 Å². The average molecular weight is 491 g/mol. The number of aliphatic carboxylic acids is 1. The lowest BCUT2D eigenvalue weighted by molar-refractivity contribution is -0.137. The Kier molecular flexibility index (Phi) is 8.34. The Labute approximate surface area is 214 Å². The molecule has 0 spiro atoms. The molecule has 1 heterocycles. The molecule has 1 N–H and O–H groups in total. The van der Waals surface area contributed by atoms with E-state index >= 15 is 0 Å². The summed E-state index contributed by atoms with van der Waals surface area (Å²) in [5, 5.41) is 9.12. The van der Waals surface area contributed by atoms with Crippen molar-refractivity contribution in [3.05, 3.63) is 64.5 Å². The van der Waals surface area contributed by atoms with Crippen molar-refractivity contribution in [2.75, 3.05) is 24.6 Å². The van der Waals surface area contributed by atoms with Gasteiger partial charge < -0.3 is 19.2 Å². The van der Waals surface area contributed by atoms with Crippen LogP contribution in [0.5, 0.6) is 5.75 Å². The number of carboxylic acids is 1. The summed E-state index contributed by atoms with van der Waals surface area (Å²) in [6.07, 6.45) is 4.90. The molecule has 0 amide bonds. The van der Waals surface area contributed by atoms with E-state index in [9.17, 15) is 4.79 Å². The lowest BCUT2D eigenvalue weighted by Gasteiger charge is -2.24. The summed E-state index contributed by atoms with van der Waals surface area (Å²) in [7, 11) is 0. The van der Waals surface area contributed by atoms with Gasteiger partial charge in [-0.2, -0.15) is 0 Å². The molecule has 0 fully saturated rings. The number of hydrogen-bond acceptors (Lipinski definition) is 5. The third kappa shape index (κ3) is 5.92.